The molecule has 0 aromatic heterocycles. The van der Waals surface area contributed by atoms with Crippen molar-refractivity contribution in [2.45, 2.75) is 58.8 Å². The maximum atomic E-state index is 10.8. The first-order valence-electron chi connectivity index (χ1n) is 12.7. The molecule has 0 radical (unpaired) electrons. The van der Waals surface area contributed by atoms with Crippen LogP contribution in [0.4, 0.5) is 0 Å². The van der Waals surface area contributed by atoms with E-state index in [4.69, 9.17) is 28.6 Å². The van der Waals surface area contributed by atoms with Crippen molar-refractivity contribution in [3.63, 3.8) is 0 Å². The quantitative estimate of drug-likeness (QED) is 0.0836. The van der Waals surface area contributed by atoms with E-state index in [9.17, 15) is 4.79 Å². The van der Waals surface area contributed by atoms with Crippen molar-refractivity contribution < 1.29 is 9.53 Å². The van der Waals surface area contributed by atoms with E-state index in [0.717, 1.165) is 11.9 Å². The summed E-state index contributed by atoms with van der Waals surface area (Å²) in [4.78, 5) is 10.8. The Morgan fingerprint density at radius 2 is 1.81 bits per heavy atom. The van der Waals surface area contributed by atoms with Crippen LogP contribution in [0.2, 0.25) is 0 Å². The molecule has 2 aromatic rings. The van der Waals surface area contributed by atoms with Gasteiger partial charge >= 0.3 is 5.97 Å². The van der Waals surface area contributed by atoms with Crippen molar-refractivity contribution in [1.29, 1.82) is 5.41 Å². The van der Waals surface area contributed by atoms with Crippen LogP contribution in [0.25, 0.3) is 11.1 Å². The number of rotatable bonds is 9. The average molecular weight is 527 g/mol. The van der Waals surface area contributed by atoms with Gasteiger partial charge in [0.25, 0.3) is 0 Å². The molecule has 0 aliphatic heterocycles. The van der Waals surface area contributed by atoms with Crippen molar-refractivity contribution in [2.24, 2.45) is 17.5 Å². The molecule has 202 valence electrons. The summed E-state index contributed by atoms with van der Waals surface area (Å²) in [5, 5.41) is 8.27. The minimum absolute atomic E-state index is 0.293. The van der Waals surface area contributed by atoms with Crippen molar-refractivity contribution in [2.75, 3.05) is 13.7 Å². The van der Waals surface area contributed by atoms with Crippen LogP contribution in [0.1, 0.15) is 64.0 Å². The minimum atomic E-state index is -0.431. The Morgan fingerprint density at radius 3 is 2.30 bits per heavy atom. The number of carbonyl (C=O) groups excluding carboxylic acids is 1. The van der Waals surface area contributed by atoms with Crippen LogP contribution in [-0.4, -0.2) is 30.8 Å². The number of nitrogens with one attached hydrogen (secondary N) is 1. The third-order valence-corrected chi connectivity index (χ3v) is 6.17. The van der Waals surface area contributed by atoms with Crippen molar-refractivity contribution in [3.8, 4) is 11.1 Å². The summed E-state index contributed by atoms with van der Waals surface area (Å²) in [5.41, 5.74) is 11.9. The Kier molecular flexibility index (Phi) is 15.0. The van der Waals surface area contributed by atoms with Gasteiger partial charge in [-0.3, -0.25) is 0 Å². The average Bonchev–Trinajstić information content (AvgIpc) is 3.75. The Morgan fingerprint density at radius 1 is 1.19 bits per heavy atom. The van der Waals surface area contributed by atoms with Crippen LogP contribution in [-0.2, 0) is 15.4 Å². The van der Waals surface area contributed by atoms with Gasteiger partial charge in [0.2, 0.25) is 0 Å². The Bertz CT molecular complexity index is 1050. The number of nitrogens with zero attached hydrogens (tertiary/aromatic N) is 1. The molecule has 1 aliphatic rings. The van der Waals surface area contributed by atoms with E-state index >= 15 is 0 Å². The number of hydrazine groups is 1. The highest BCUT2D eigenvalue weighted by atomic mass is 35.5. The number of benzene rings is 2. The molecule has 1 saturated carbocycles. The molecule has 1 fully saturated rings. The standard InChI is InChI=1S/C17H19Cl.C7H11NO2.C6H13N3/c1-3-13(2)15-7-5-9-17(11-15)16-8-4-6-14(10-16)12-18;1-3-6(5-8)7(9)10-4-2;1-9(8)4-6(7)5-2-3-5/h4-11,13H,3,12H2,1-2H3;3,5,8H,4H2,1-2H3;4-5H,2-3,7-8H2,1H3/b;6-3+,8-5?;6-4-. The van der Waals surface area contributed by atoms with Crippen LogP contribution in [0.15, 0.2) is 72.1 Å². The highest BCUT2D eigenvalue weighted by molar-refractivity contribution is 6.17. The van der Waals surface area contributed by atoms with E-state index in [1.54, 1.807) is 33.2 Å². The van der Waals surface area contributed by atoms with E-state index in [2.05, 4.69) is 67.1 Å². The van der Waals surface area contributed by atoms with E-state index in [0.29, 0.717) is 29.9 Å². The van der Waals surface area contributed by atoms with Gasteiger partial charge in [-0.15, -0.1) is 11.6 Å². The number of hydrogen-bond acceptors (Lipinski definition) is 6. The molecule has 0 spiro atoms. The second-order valence-corrected chi connectivity index (χ2v) is 9.21. The largest absolute Gasteiger partial charge is 0.462 e. The lowest BCUT2D eigenvalue weighted by Gasteiger charge is -2.11. The minimum Gasteiger partial charge on any atom is -0.462 e. The Balaban J connectivity index is 0.000000306. The highest BCUT2D eigenvalue weighted by Crippen LogP contribution is 2.33. The zero-order valence-electron chi connectivity index (χ0n) is 22.8. The second kappa shape index (κ2) is 17.4. The lowest BCUT2D eigenvalue weighted by atomic mass is 9.94. The predicted octanol–water partition coefficient (Wildman–Crippen LogP) is 6.75. The topological polar surface area (TPSA) is 105 Å². The second-order valence-electron chi connectivity index (χ2n) is 8.95. The molecule has 37 heavy (non-hydrogen) atoms. The molecule has 1 aliphatic carbocycles. The molecule has 5 N–H and O–H groups in total. The van der Waals surface area contributed by atoms with Crippen molar-refractivity contribution in [1.82, 2.24) is 5.01 Å². The first-order chi connectivity index (χ1) is 17.7. The maximum Gasteiger partial charge on any atom is 0.339 e. The van der Waals surface area contributed by atoms with Crippen molar-refractivity contribution >= 4 is 23.8 Å². The molecule has 0 amide bonds. The summed E-state index contributed by atoms with van der Waals surface area (Å²) >= 11 is 5.89. The summed E-state index contributed by atoms with van der Waals surface area (Å²) in [6, 6.07) is 17.3. The zero-order valence-corrected chi connectivity index (χ0v) is 23.6. The molecule has 6 nitrogen and oxygen atoms in total. The van der Waals surface area contributed by atoms with E-state index < -0.39 is 5.97 Å². The van der Waals surface area contributed by atoms with E-state index in [1.165, 1.54) is 46.5 Å². The molecule has 0 bridgehead atoms. The molecule has 3 rings (SSSR count). The molecule has 7 heteroatoms. The fourth-order valence-electron chi connectivity index (χ4n) is 3.33. The van der Waals surface area contributed by atoms with Gasteiger partial charge in [0.1, 0.15) is 0 Å². The van der Waals surface area contributed by atoms with Crippen LogP contribution in [0.5, 0.6) is 0 Å². The summed E-state index contributed by atoms with van der Waals surface area (Å²) < 4.78 is 4.63. The molecule has 0 saturated heterocycles. The van der Waals surface area contributed by atoms with Crippen LogP contribution in [0.3, 0.4) is 0 Å². The van der Waals surface area contributed by atoms with Gasteiger partial charge in [-0.25, -0.2) is 10.6 Å². The summed E-state index contributed by atoms with van der Waals surface area (Å²) in [6.45, 7) is 8.27. The molecule has 1 unspecified atom stereocenters. The van der Waals surface area contributed by atoms with Gasteiger partial charge in [-0.1, -0.05) is 62.4 Å². The molecular formula is C30H43ClN4O2. The third-order valence-electron chi connectivity index (χ3n) is 5.86. The zero-order chi connectivity index (χ0) is 27.8. The predicted molar refractivity (Wildman–Crippen MR) is 156 cm³/mol. The lowest BCUT2D eigenvalue weighted by Crippen LogP contribution is -2.21. The monoisotopic (exact) mass is 526 g/mol. The first-order valence-corrected chi connectivity index (χ1v) is 13.3. The van der Waals surface area contributed by atoms with Gasteiger partial charge in [-0.05, 0) is 67.3 Å². The third kappa shape index (κ3) is 12.1. The number of ether oxygens (including phenoxy) is 1. The normalized spacial score (nSPS) is 13.8. The van der Waals surface area contributed by atoms with Crippen LogP contribution < -0.4 is 11.6 Å². The number of hydrogen-bond donors (Lipinski definition) is 3. The van der Waals surface area contributed by atoms with Gasteiger partial charge in [0.05, 0.1) is 12.2 Å². The van der Waals surface area contributed by atoms with Crippen LogP contribution >= 0.6 is 11.6 Å². The lowest BCUT2D eigenvalue weighted by molar-refractivity contribution is -0.137. The summed E-state index contributed by atoms with van der Waals surface area (Å²) in [6.07, 6.45) is 7.94. The molecule has 1 atom stereocenters. The summed E-state index contributed by atoms with van der Waals surface area (Å²) in [7, 11) is 1.77. The van der Waals surface area contributed by atoms with E-state index in [-0.39, 0.29) is 0 Å². The SMILES string of the molecule is C/C=C(\C=N)C(=O)OCC.CCC(C)c1cccc(-c2cccc(CCl)c2)c1.CN(N)/C=C(\N)C1CC1. The first kappa shape index (κ1) is 31.9. The summed E-state index contributed by atoms with van der Waals surface area (Å²) in [5.74, 6) is 6.71. The number of halogens is 1. The van der Waals surface area contributed by atoms with Gasteiger partial charge < -0.3 is 20.9 Å². The maximum absolute atomic E-state index is 10.8. The van der Waals surface area contributed by atoms with E-state index in [1.807, 2.05) is 0 Å². The number of nitrogens with two attached hydrogens (primary N) is 2. The number of allylic oxidation sites excluding steroid dienone is 2. The molecule has 0 heterocycles. The smallest absolute Gasteiger partial charge is 0.339 e. The van der Waals surface area contributed by atoms with Crippen LogP contribution in [0, 0.1) is 11.3 Å². The van der Waals surface area contributed by atoms with Crippen molar-refractivity contribution in [3.05, 3.63) is 83.2 Å². The Labute approximate surface area is 227 Å². The molecular weight excluding hydrogens is 484 g/mol. The Hall–Kier alpha value is -3.09. The number of carbonyl (C=O) groups is 1. The fraction of sp³-hybridized carbons (Fsp3) is 0.400. The highest BCUT2D eigenvalue weighted by Gasteiger charge is 2.23. The van der Waals surface area contributed by atoms with Gasteiger partial charge in [0.15, 0.2) is 0 Å². The van der Waals surface area contributed by atoms with Gasteiger partial charge in [-0.2, -0.15) is 0 Å². The molecule has 2 aromatic carbocycles. The number of esters is 1. The fourth-order valence-corrected chi connectivity index (χ4v) is 3.49. The van der Waals surface area contributed by atoms with Gasteiger partial charge in [0, 0.05) is 37.0 Å². The number of alkyl halides is 1.